The van der Waals surface area contributed by atoms with Gasteiger partial charge in [-0.25, -0.2) is 0 Å². The number of hydrogen-bond donors (Lipinski definition) is 1. The van der Waals surface area contributed by atoms with Crippen LogP contribution in [-0.2, 0) is 13.1 Å². The van der Waals surface area contributed by atoms with Crippen LogP contribution < -0.4 is 5.32 Å². The van der Waals surface area contributed by atoms with Crippen molar-refractivity contribution in [1.29, 1.82) is 0 Å². The second-order valence-electron chi connectivity index (χ2n) is 6.93. The van der Waals surface area contributed by atoms with Crippen LogP contribution in [0.25, 0.3) is 0 Å². The Hall–Kier alpha value is -1.06. The van der Waals surface area contributed by atoms with Crippen molar-refractivity contribution in [2.75, 3.05) is 13.1 Å². The van der Waals surface area contributed by atoms with Gasteiger partial charge < -0.3 is 9.73 Å². The predicted octanol–water partition coefficient (Wildman–Crippen LogP) is 3.63. The Morgan fingerprint density at radius 2 is 2.05 bits per heavy atom. The second kappa shape index (κ2) is 6.15. The van der Waals surface area contributed by atoms with E-state index in [2.05, 4.69) is 57.0 Å². The van der Waals surface area contributed by atoms with Gasteiger partial charge in [-0.2, -0.15) is 0 Å². The summed E-state index contributed by atoms with van der Waals surface area (Å²) in [6.07, 6.45) is 3.52. The van der Waals surface area contributed by atoms with Crippen LogP contribution in [0.3, 0.4) is 0 Å². The summed E-state index contributed by atoms with van der Waals surface area (Å²) in [4.78, 5) is 2.48. The Labute approximate surface area is 123 Å². The first kappa shape index (κ1) is 15.3. The lowest BCUT2D eigenvalue weighted by Crippen LogP contribution is -2.34. The molecule has 2 heterocycles. The Morgan fingerprint density at radius 1 is 1.30 bits per heavy atom. The molecule has 2 rings (SSSR count). The number of furan rings is 1. The number of hydrogen-bond acceptors (Lipinski definition) is 3. The zero-order valence-corrected chi connectivity index (χ0v) is 13.5. The summed E-state index contributed by atoms with van der Waals surface area (Å²) < 4.78 is 5.87. The molecular weight excluding hydrogens is 248 g/mol. The molecule has 0 amide bonds. The molecular formula is C17H28N2O. The summed E-state index contributed by atoms with van der Waals surface area (Å²) in [7, 11) is 0. The lowest BCUT2D eigenvalue weighted by atomic mass is 10.1. The molecule has 1 aliphatic rings. The first-order valence-electron chi connectivity index (χ1n) is 7.55. The van der Waals surface area contributed by atoms with Crippen molar-refractivity contribution in [3.63, 3.8) is 0 Å². The minimum Gasteiger partial charge on any atom is -0.465 e. The molecule has 1 N–H and O–H groups in total. The highest BCUT2D eigenvalue weighted by Crippen LogP contribution is 2.19. The predicted molar refractivity (Wildman–Crippen MR) is 83.7 cm³/mol. The van der Waals surface area contributed by atoms with Crippen LogP contribution in [0.15, 0.2) is 22.1 Å². The maximum absolute atomic E-state index is 5.87. The van der Waals surface area contributed by atoms with E-state index in [0.29, 0.717) is 0 Å². The average molecular weight is 276 g/mol. The van der Waals surface area contributed by atoms with Gasteiger partial charge in [0.1, 0.15) is 11.5 Å². The Kier molecular flexibility index (Phi) is 4.71. The molecule has 0 bridgehead atoms. The van der Waals surface area contributed by atoms with Gasteiger partial charge in [0.25, 0.3) is 0 Å². The third-order valence-electron chi connectivity index (χ3n) is 3.78. The number of nitrogens with zero attached hydrogens (tertiary/aromatic N) is 1. The van der Waals surface area contributed by atoms with E-state index in [0.717, 1.165) is 37.7 Å². The van der Waals surface area contributed by atoms with Gasteiger partial charge in [-0.15, -0.1) is 0 Å². The highest BCUT2D eigenvalue weighted by Gasteiger charge is 2.15. The molecule has 1 aromatic heterocycles. The first-order chi connectivity index (χ1) is 9.33. The molecule has 0 radical (unpaired) electrons. The van der Waals surface area contributed by atoms with E-state index in [1.54, 1.807) is 0 Å². The van der Waals surface area contributed by atoms with E-state index in [9.17, 15) is 0 Å². The molecule has 0 unspecified atom stereocenters. The summed E-state index contributed by atoms with van der Waals surface area (Å²) in [6, 6.07) is 2.21. The lowest BCUT2D eigenvalue weighted by molar-refractivity contribution is 0.284. The van der Waals surface area contributed by atoms with Crippen LogP contribution in [0, 0.1) is 6.92 Å². The second-order valence-corrected chi connectivity index (χ2v) is 6.93. The third kappa shape index (κ3) is 4.50. The van der Waals surface area contributed by atoms with Crippen molar-refractivity contribution in [2.24, 2.45) is 0 Å². The van der Waals surface area contributed by atoms with E-state index in [1.807, 2.05) is 0 Å². The molecule has 0 saturated heterocycles. The first-order valence-corrected chi connectivity index (χ1v) is 7.55. The third-order valence-corrected chi connectivity index (χ3v) is 3.78. The average Bonchev–Trinajstić information content (AvgIpc) is 2.70. The van der Waals surface area contributed by atoms with Crippen molar-refractivity contribution in [2.45, 2.75) is 59.7 Å². The number of aryl methyl sites for hydroxylation is 1. The van der Waals surface area contributed by atoms with Gasteiger partial charge in [-0.05, 0) is 47.1 Å². The molecule has 0 aliphatic carbocycles. The summed E-state index contributed by atoms with van der Waals surface area (Å²) in [5.74, 6) is 2.10. The molecule has 0 aromatic carbocycles. The molecule has 0 atom stereocenters. The Balaban J connectivity index is 1.94. The zero-order valence-electron chi connectivity index (χ0n) is 13.5. The van der Waals surface area contributed by atoms with Gasteiger partial charge >= 0.3 is 0 Å². The van der Waals surface area contributed by atoms with Crippen LogP contribution in [0.2, 0.25) is 0 Å². The maximum atomic E-state index is 5.87. The standard InChI is InChI=1S/C17H28N2O/c1-13-6-8-19(9-7-13)12-15-10-16(20-14(15)2)11-18-17(3,4)5/h6,10,18H,7-9,11-12H2,1-5H3. The Morgan fingerprint density at radius 3 is 2.65 bits per heavy atom. The monoisotopic (exact) mass is 276 g/mol. The molecule has 112 valence electrons. The highest BCUT2D eigenvalue weighted by atomic mass is 16.3. The number of rotatable bonds is 4. The van der Waals surface area contributed by atoms with Crippen molar-refractivity contribution >= 4 is 0 Å². The van der Waals surface area contributed by atoms with E-state index in [-0.39, 0.29) is 5.54 Å². The zero-order chi connectivity index (χ0) is 14.8. The van der Waals surface area contributed by atoms with Crippen LogP contribution in [0.4, 0.5) is 0 Å². The minimum atomic E-state index is 0.121. The molecule has 20 heavy (non-hydrogen) atoms. The molecule has 3 nitrogen and oxygen atoms in total. The van der Waals surface area contributed by atoms with Crippen molar-refractivity contribution < 1.29 is 4.42 Å². The number of nitrogens with one attached hydrogen (secondary N) is 1. The van der Waals surface area contributed by atoms with Gasteiger partial charge in [0.15, 0.2) is 0 Å². The van der Waals surface area contributed by atoms with E-state index < -0.39 is 0 Å². The van der Waals surface area contributed by atoms with Crippen LogP contribution in [0.1, 0.15) is 51.2 Å². The van der Waals surface area contributed by atoms with Crippen LogP contribution >= 0.6 is 0 Å². The largest absolute Gasteiger partial charge is 0.465 e. The molecule has 1 aromatic rings. The van der Waals surface area contributed by atoms with Crippen LogP contribution in [-0.4, -0.2) is 23.5 Å². The highest BCUT2D eigenvalue weighted by molar-refractivity contribution is 5.21. The fourth-order valence-electron chi connectivity index (χ4n) is 2.38. The molecule has 3 heteroatoms. The molecule has 0 spiro atoms. The minimum absolute atomic E-state index is 0.121. The summed E-state index contributed by atoms with van der Waals surface area (Å²) in [5, 5.41) is 3.47. The normalized spacial score (nSPS) is 17.4. The van der Waals surface area contributed by atoms with E-state index >= 15 is 0 Å². The van der Waals surface area contributed by atoms with Crippen molar-refractivity contribution in [3.8, 4) is 0 Å². The maximum Gasteiger partial charge on any atom is 0.118 e. The fraction of sp³-hybridized carbons (Fsp3) is 0.647. The molecule has 1 aliphatic heterocycles. The van der Waals surface area contributed by atoms with Gasteiger partial charge in [0.2, 0.25) is 0 Å². The lowest BCUT2D eigenvalue weighted by Gasteiger charge is -2.24. The quantitative estimate of drug-likeness (QED) is 0.851. The fourth-order valence-corrected chi connectivity index (χ4v) is 2.38. The molecule has 0 saturated carbocycles. The van der Waals surface area contributed by atoms with E-state index in [4.69, 9.17) is 4.42 Å². The summed E-state index contributed by atoms with van der Waals surface area (Å²) in [5.41, 5.74) is 2.96. The summed E-state index contributed by atoms with van der Waals surface area (Å²) >= 11 is 0. The van der Waals surface area contributed by atoms with Crippen molar-refractivity contribution in [1.82, 2.24) is 10.2 Å². The topological polar surface area (TPSA) is 28.4 Å². The summed E-state index contributed by atoms with van der Waals surface area (Å²) in [6.45, 7) is 14.8. The van der Waals surface area contributed by atoms with Gasteiger partial charge in [-0.3, -0.25) is 4.90 Å². The smallest absolute Gasteiger partial charge is 0.118 e. The van der Waals surface area contributed by atoms with Crippen LogP contribution in [0.5, 0.6) is 0 Å². The van der Waals surface area contributed by atoms with Crippen molar-refractivity contribution in [3.05, 3.63) is 34.8 Å². The van der Waals surface area contributed by atoms with Gasteiger partial charge in [0, 0.05) is 30.7 Å². The van der Waals surface area contributed by atoms with Gasteiger partial charge in [-0.1, -0.05) is 11.6 Å². The van der Waals surface area contributed by atoms with Gasteiger partial charge in [0.05, 0.1) is 6.54 Å². The Bertz CT molecular complexity index is 480. The SMILES string of the molecule is CC1=CCN(Cc2cc(CNC(C)(C)C)oc2C)CC1. The molecule has 0 fully saturated rings. The van der Waals surface area contributed by atoms with E-state index in [1.165, 1.54) is 17.6 Å².